The molecule has 1 N–H and O–H groups in total. The van der Waals surface area contributed by atoms with Gasteiger partial charge in [-0.05, 0) is 18.6 Å². The van der Waals surface area contributed by atoms with Crippen LogP contribution >= 0.6 is 0 Å². The Morgan fingerprint density at radius 2 is 2.00 bits per heavy atom. The smallest absolute Gasteiger partial charge is 0.354 e. The van der Waals surface area contributed by atoms with E-state index in [9.17, 15) is 18.0 Å². The van der Waals surface area contributed by atoms with Crippen LogP contribution in [0.25, 0.3) is 0 Å². The second-order valence-electron chi connectivity index (χ2n) is 6.56. The molecule has 0 spiro atoms. The van der Waals surface area contributed by atoms with E-state index >= 15 is 0 Å². The number of amides is 1. The first kappa shape index (κ1) is 16.6. The van der Waals surface area contributed by atoms with Gasteiger partial charge in [0.15, 0.2) is 0 Å². The Labute approximate surface area is 127 Å². The zero-order valence-electron chi connectivity index (χ0n) is 12.9. The number of rotatable bonds is 2. The van der Waals surface area contributed by atoms with Gasteiger partial charge in [-0.2, -0.15) is 13.2 Å². The highest BCUT2D eigenvalue weighted by Gasteiger charge is 2.32. The molecule has 0 aromatic carbocycles. The van der Waals surface area contributed by atoms with Gasteiger partial charge in [-0.15, -0.1) is 0 Å². The lowest BCUT2D eigenvalue weighted by Crippen LogP contribution is -2.43. The van der Waals surface area contributed by atoms with E-state index in [2.05, 4.69) is 10.3 Å². The molecule has 1 aromatic heterocycles. The Morgan fingerprint density at radius 1 is 1.32 bits per heavy atom. The highest BCUT2D eigenvalue weighted by Crippen LogP contribution is 2.30. The minimum atomic E-state index is -4.38. The summed E-state index contributed by atoms with van der Waals surface area (Å²) in [4.78, 5) is 17.7. The van der Waals surface area contributed by atoms with E-state index in [0.29, 0.717) is 18.9 Å². The lowest BCUT2D eigenvalue weighted by atomic mass is 9.95. The number of halogens is 3. The molecule has 4 nitrogen and oxygen atoms in total. The van der Waals surface area contributed by atoms with Crippen molar-refractivity contribution in [3.63, 3.8) is 0 Å². The molecule has 122 valence electrons. The van der Waals surface area contributed by atoms with E-state index in [1.165, 1.54) is 6.07 Å². The first-order valence-corrected chi connectivity index (χ1v) is 7.16. The van der Waals surface area contributed by atoms with Crippen LogP contribution in [0.3, 0.4) is 0 Å². The zero-order valence-corrected chi connectivity index (χ0v) is 12.9. The highest BCUT2D eigenvalue weighted by molar-refractivity contribution is 5.81. The molecule has 0 aliphatic carbocycles. The van der Waals surface area contributed by atoms with Crippen molar-refractivity contribution in [1.82, 2.24) is 10.3 Å². The van der Waals surface area contributed by atoms with Crippen LogP contribution in [0.1, 0.15) is 32.8 Å². The molecule has 2 heterocycles. The van der Waals surface area contributed by atoms with Crippen LogP contribution in [0.5, 0.6) is 0 Å². The van der Waals surface area contributed by atoms with Crippen molar-refractivity contribution < 1.29 is 18.0 Å². The summed E-state index contributed by atoms with van der Waals surface area (Å²) >= 11 is 0. The fraction of sp³-hybridized carbons (Fsp3) is 0.600. The van der Waals surface area contributed by atoms with Gasteiger partial charge < -0.3 is 10.2 Å². The number of hydrogen-bond acceptors (Lipinski definition) is 3. The number of carbonyl (C=O) groups is 1. The van der Waals surface area contributed by atoms with Crippen molar-refractivity contribution in [3.05, 3.63) is 23.9 Å². The Hall–Kier alpha value is -1.79. The van der Waals surface area contributed by atoms with Crippen LogP contribution in [0.4, 0.5) is 19.0 Å². The summed E-state index contributed by atoms with van der Waals surface area (Å²) in [6.07, 6.45) is -2.78. The summed E-state index contributed by atoms with van der Waals surface area (Å²) in [5.41, 5.74) is -1.21. The molecule has 22 heavy (non-hydrogen) atoms. The predicted octanol–water partition coefficient (Wildman–Crippen LogP) is 2.84. The second kappa shape index (κ2) is 5.78. The van der Waals surface area contributed by atoms with E-state index in [-0.39, 0.29) is 11.9 Å². The third kappa shape index (κ3) is 3.90. The Kier molecular flexibility index (Phi) is 4.35. The monoisotopic (exact) mass is 315 g/mol. The Balaban J connectivity index is 1.97. The van der Waals surface area contributed by atoms with E-state index in [4.69, 9.17) is 0 Å². The van der Waals surface area contributed by atoms with Gasteiger partial charge in [0.1, 0.15) is 5.82 Å². The molecule has 1 amide bonds. The highest BCUT2D eigenvalue weighted by atomic mass is 19.4. The molecule has 0 saturated carbocycles. The van der Waals surface area contributed by atoms with E-state index in [0.717, 1.165) is 18.7 Å². The first-order valence-electron chi connectivity index (χ1n) is 7.16. The molecule has 2 rings (SSSR count). The molecule has 1 saturated heterocycles. The molecular weight excluding hydrogens is 295 g/mol. The van der Waals surface area contributed by atoms with Gasteiger partial charge >= 0.3 is 6.18 Å². The number of pyridine rings is 1. The standard InChI is InChI=1S/C15H20F3N3O/c1-14(2,3)13(22)20-11-6-7-21(9-11)12-5-4-10(8-19-12)15(16,17)18/h4-5,8,11H,6-7,9H2,1-3H3,(H,20,22)/t11-/m0/s1. The maximum atomic E-state index is 12.5. The average Bonchev–Trinajstić information content (AvgIpc) is 2.85. The predicted molar refractivity (Wildman–Crippen MR) is 77.5 cm³/mol. The summed E-state index contributed by atoms with van der Waals surface area (Å²) in [5.74, 6) is 0.472. The zero-order chi connectivity index (χ0) is 16.5. The summed E-state index contributed by atoms with van der Waals surface area (Å²) in [6.45, 7) is 6.74. The quantitative estimate of drug-likeness (QED) is 0.913. The van der Waals surface area contributed by atoms with Crippen LogP contribution < -0.4 is 10.2 Å². The molecule has 1 aromatic rings. The summed E-state index contributed by atoms with van der Waals surface area (Å²) in [6, 6.07) is 2.40. The second-order valence-corrected chi connectivity index (χ2v) is 6.56. The van der Waals surface area contributed by atoms with Crippen molar-refractivity contribution in [2.45, 2.75) is 39.4 Å². The van der Waals surface area contributed by atoms with Gasteiger partial charge in [-0.3, -0.25) is 4.79 Å². The number of nitrogens with one attached hydrogen (secondary N) is 1. The van der Waals surface area contributed by atoms with Gasteiger partial charge in [0.25, 0.3) is 0 Å². The maximum Gasteiger partial charge on any atom is 0.417 e. The topological polar surface area (TPSA) is 45.2 Å². The van der Waals surface area contributed by atoms with E-state index in [1.54, 1.807) is 0 Å². The van der Waals surface area contributed by atoms with Crippen molar-refractivity contribution in [2.75, 3.05) is 18.0 Å². The molecule has 1 atom stereocenters. The minimum Gasteiger partial charge on any atom is -0.354 e. The Morgan fingerprint density at radius 3 is 2.50 bits per heavy atom. The molecule has 0 bridgehead atoms. The lowest BCUT2D eigenvalue weighted by molar-refractivity contribution is -0.137. The van der Waals surface area contributed by atoms with Crippen LogP contribution in [0.15, 0.2) is 18.3 Å². The van der Waals surface area contributed by atoms with Gasteiger partial charge in [0, 0.05) is 30.7 Å². The number of hydrogen-bond donors (Lipinski definition) is 1. The van der Waals surface area contributed by atoms with Gasteiger partial charge in [0.2, 0.25) is 5.91 Å². The fourth-order valence-corrected chi connectivity index (χ4v) is 2.23. The number of aromatic nitrogens is 1. The minimum absolute atomic E-state index is 0.00387. The maximum absolute atomic E-state index is 12.5. The van der Waals surface area contributed by atoms with Crippen LogP contribution in [-0.4, -0.2) is 30.0 Å². The van der Waals surface area contributed by atoms with Crippen molar-refractivity contribution >= 4 is 11.7 Å². The number of carbonyl (C=O) groups excluding carboxylic acids is 1. The molecule has 1 aliphatic heterocycles. The summed E-state index contributed by atoms with van der Waals surface area (Å²) < 4.78 is 37.5. The average molecular weight is 315 g/mol. The Bertz CT molecular complexity index is 534. The van der Waals surface area contributed by atoms with Gasteiger partial charge in [-0.1, -0.05) is 20.8 Å². The normalized spacial score (nSPS) is 19.4. The molecule has 1 fully saturated rings. The number of alkyl halides is 3. The molecule has 0 unspecified atom stereocenters. The van der Waals surface area contributed by atoms with E-state index in [1.807, 2.05) is 25.7 Å². The molecule has 1 aliphatic rings. The van der Waals surface area contributed by atoms with Gasteiger partial charge in [-0.25, -0.2) is 4.98 Å². The van der Waals surface area contributed by atoms with Crippen molar-refractivity contribution in [3.8, 4) is 0 Å². The van der Waals surface area contributed by atoms with E-state index < -0.39 is 17.2 Å². The third-order valence-corrected chi connectivity index (χ3v) is 3.60. The van der Waals surface area contributed by atoms with Crippen molar-refractivity contribution in [2.24, 2.45) is 5.41 Å². The van der Waals surface area contributed by atoms with Crippen LogP contribution in [-0.2, 0) is 11.0 Å². The van der Waals surface area contributed by atoms with Crippen molar-refractivity contribution in [1.29, 1.82) is 0 Å². The summed E-state index contributed by atoms with van der Waals surface area (Å²) in [5, 5.41) is 2.97. The molecule has 0 radical (unpaired) electrons. The van der Waals surface area contributed by atoms with Gasteiger partial charge in [0.05, 0.1) is 5.56 Å². The summed E-state index contributed by atoms with van der Waals surface area (Å²) in [7, 11) is 0. The SMILES string of the molecule is CC(C)(C)C(=O)N[C@H]1CCN(c2ccc(C(F)(F)F)cn2)C1. The largest absolute Gasteiger partial charge is 0.417 e. The van der Waals surface area contributed by atoms with Crippen LogP contribution in [0.2, 0.25) is 0 Å². The molecule has 7 heteroatoms. The number of anilines is 1. The third-order valence-electron chi connectivity index (χ3n) is 3.60. The number of nitrogens with zero attached hydrogens (tertiary/aromatic N) is 2. The first-order chi connectivity index (χ1) is 10.1. The van der Waals surface area contributed by atoms with Crippen LogP contribution in [0, 0.1) is 5.41 Å². The molecular formula is C15H20F3N3O. The lowest BCUT2D eigenvalue weighted by Gasteiger charge is -2.22. The fourth-order valence-electron chi connectivity index (χ4n) is 2.23.